The van der Waals surface area contributed by atoms with Crippen LogP contribution in [0.25, 0.3) is 0 Å². The Hall–Kier alpha value is -2.38. The number of carbonyl (C=O) groups excluding carboxylic acids is 2. The van der Waals surface area contributed by atoms with Crippen LogP contribution in [0.3, 0.4) is 0 Å². The molecule has 1 aromatic rings. The van der Waals surface area contributed by atoms with Gasteiger partial charge in [0.1, 0.15) is 22.8 Å². The van der Waals surface area contributed by atoms with Crippen molar-refractivity contribution in [3.8, 4) is 0 Å². The van der Waals surface area contributed by atoms with Crippen molar-refractivity contribution in [1.29, 1.82) is 0 Å². The van der Waals surface area contributed by atoms with Gasteiger partial charge in [-0.15, -0.1) is 0 Å². The van der Waals surface area contributed by atoms with Crippen molar-refractivity contribution in [2.24, 2.45) is 5.41 Å². The number of anilines is 1. The van der Waals surface area contributed by atoms with Gasteiger partial charge in [0.2, 0.25) is 0 Å². The number of rotatable bonds is 3. The quantitative estimate of drug-likeness (QED) is 0.822. The number of nitrogens with zero attached hydrogens (tertiary/aromatic N) is 1. The predicted molar refractivity (Wildman–Crippen MR) is 101 cm³/mol. The van der Waals surface area contributed by atoms with Gasteiger partial charge in [0.25, 0.3) is 5.91 Å². The van der Waals surface area contributed by atoms with E-state index in [2.05, 4.69) is 10.6 Å². The van der Waals surface area contributed by atoms with E-state index in [1.165, 1.54) is 7.05 Å². The number of nitrogens with one attached hydrogen (secondary N) is 2. The number of carbonyl (C=O) groups is 2. The average Bonchev–Trinajstić information content (AvgIpc) is 2.97. The number of hydrogen-bond donors (Lipinski definition) is 2. The van der Waals surface area contributed by atoms with E-state index < -0.39 is 28.7 Å². The molecule has 154 valence electrons. The molecule has 2 N–H and O–H groups in total. The van der Waals surface area contributed by atoms with Crippen molar-refractivity contribution in [2.75, 3.05) is 25.5 Å². The predicted octanol–water partition coefficient (Wildman–Crippen LogP) is 3.53. The molecule has 0 atom stereocenters. The molecule has 2 fully saturated rings. The molecule has 1 saturated carbocycles. The summed E-state index contributed by atoms with van der Waals surface area (Å²) < 4.78 is 33.6. The maximum atomic E-state index is 14.1. The van der Waals surface area contributed by atoms with E-state index >= 15 is 0 Å². The lowest BCUT2D eigenvalue weighted by atomic mass is 9.65. The zero-order chi connectivity index (χ0) is 20.7. The molecule has 1 aliphatic heterocycles. The van der Waals surface area contributed by atoms with E-state index in [9.17, 15) is 18.4 Å². The van der Waals surface area contributed by atoms with Gasteiger partial charge >= 0.3 is 6.09 Å². The summed E-state index contributed by atoms with van der Waals surface area (Å²) in [4.78, 5) is 25.5. The molecule has 2 amide bonds. The molecule has 1 saturated heterocycles. The first-order chi connectivity index (χ1) is 13.0. The van der Waals surface area contributed by atoms with Crippen LogP contribution in [0, 0.1) is 17.0 Å². The topological polar surface area (TPSA) is 70.7 Å². The van der Waals surface area contributed by atoms with Gasteiger partial charge in [-0.25, -0.2) is 13.6 Å². The Morgan fingerprint density at radius 2 is 1.82 bits per heavy atom. The molecule has 3 rings (SSSR count). The first-order valence-electron chi connectivity index (χ1n) is 9.47. The SMILES string of the molecule is CNC(=O)c1c(F)cc(NC2CC3(CCN(C(=O)OC(C)(C)C)C3)C2)cc1F. The van der Waals surface area contributed by atoms with Crippen LogP contribution in [0.1, 0.15) is 50.4 Å². The highest BCUT2D eigenvalue weighted by molar-refractivity contribution is 5.94. The Labute approximate surface area is 163 Å². The molecule has 2 aliphatic rings. The minimum Gasteiger partial charge on any atom is -0.444 e. The van der Waals surface area contributed by atoms with Gasteiger partial charge in [-0.05, 0) is 57.6 Å². The number of ether oxygens (including phenoxy) is 1. The lowest BCUT2D eigenvalue weighted by Crippen LogP contribution is -2.47. The second kappa shape index (κ2) is 7.22. The van der Waals surface area contributed by atoms with Crippen molar-refractivity contribution >= 4 is 17.7 Å². The molecule has 0 unspecified atom stereocenters. The van der Waals surface area contributed by atoms with Crippen LogP contribution in [-0.4, -0.2) is 48.7 Å². The van der Waals surface area contributed by atoms with Crippen LogP contribution >= 0.6 is 0 Å². The first kappa shape index (κ1) is 20.4. The summed E-state index contributed by atoms with van der Waals surface area (Å²) in [5.74, 6) is -2.59. The lowest BCUT2D eigenvalue weighted by Gasteiger charge is -2.45. The molecule has 6 nitrogen and oxygen atoms in total. The van der Waals surface area contributed by atoms with Crippen LogP contribution < -0.4 is 10.6 Å². The molecule has 1 aliphatic carbocycles. The second-order valence-corrected chi connectivity index (χ2v) is 8.80. The van der Waals surface area contributed by atoms with Crippen molar-refractivity contribution in [3.05, 3.63) is 29.3 Å². The summed E-state index contributed by atoms with van der Waals surface area (Å²) in [5.41, 5.74) is -0.759. The summed E-state index contributed by atoms with van der Waals surface area (Å²) in [7, 11) is 1.32. The third-order valence-electron chi connectivity index (χ3n) is 5.32. The van der Waals surface area contributed by atoms with Crippen LogP contribution in [0.2, 0.25) is 0 Å². The van der Waals surface area contributed by atoms with E-state index in [1.807, 2.05) is 20.8 Å². The molecule has 28 heavy (non-hydrogen) atoms. The van der Waals surface area contributed by atoms with Gasteiger partial charge in [-0.3, -0.25) is 4.79 Å². The van der Waals surface area contributed by atoms with Gasteiger partial charge in [0, 0.05) is 31.9 Å². The number of benzene rings is 1. The molecule has 1 spiro atoms. The largest absolute Gasteiger partial charge is 0.444 e. The second-order valence-electron chi connectivity index (χ2n) is 8.80. The smallest absolute Gasteiger partial charge is 0.410 e. The van der Waals surface area contributed by atoms with Gasteiger partial charge in [0.05, 0.1) is 0 Å². The van der Waals surface area contributed by atoms with Gasteiger partial charge in [-0.2, -0.15) is 0 Å². The fourth-order valence-electron chi connectivity index (χ4n) is 4.07. The third-order valence-corrected chi connectivity index (χ3v) is 5.32. The first-order valence-corrected chi connectivity index (χ1v) is 9.47. The fourth-order valence-corrected chi connectivity index (χ4v) is 4.07. The summed E-state index contributed by atoms with van der Waals surface area (Å²) in [6, 6.07) is 2.35. The van der Waals surface area contributed by atoms with Crippen molar-refractivity contribution in [3.63, 3.8) is 0 Å². The molecule has 1 heterocycles. The number of halogens is 2. The third kappa shape index (κ3) is 4.20. The van der Waals surface area contributed by atoms with E-state index in [1.54, 1.807) is 4.90 Å². The Balaban J connectivity index is 1.56. The van der Waals surface area contributed by atoms with Crippen molar-refractivity contribution in [1.82, 2.24) is 10.2 Å². The fraction of sp³-hybridized carbons (Fsp3) is 0.600. The number of likely N-dealkylation sites (tertiary alicyclic amines) is 1. The maximum absolute atomic E-state index is 14.1. The van der Waals surface area contributed by atoms with Crippen LogP contribution in [-0.2, 0) is 4.74 Å². The van der Waals surface area contributed by atoms with Crippen molar-refractivity contribution < 1.29 is 23.1 Å². The van der Waals surface area contributed by atoms with E-state index in [0.29, 0.717) is 18.8 Å². The van der Waals surface area contributed by atoms with E-state index in [0.717, 1.165) is 31.4 Å². The minimum atomic E-state index is -0.896. The molecule has 1 aromatic carbocycles. The zero-order valence-corrected chi connectivity index (χ0v) is 16.7. The standard InChI is InChI=1S/C20H27F2N3O3/c1-19(2,3)28-18(27)25-6-5-20(11-25)9-13(10-20)24-12-7-14(21)16(15(22)8-12)17(26)23-4/h7-8,13,24H,5-6,9-11H2,1-4H3,(H,23,26). The molecule has 0 bridgehead atoms. The lowest BCUT2D eigenvalue weighted by molar-refractivity contribution is 0.0237. The van der Waals surface area contributed by atoms with E-state index in [-0.39, 0.29) is 17.6 Å². The van der Waals surface area contributed by atoms with Gasteiger partial charge < -0.3 is 20.3 Å². The molecule has 8 heteroatoms. The molecule has 0 aromatic heterocycles. The van der Waals surface area contributed by atoms with Crippen LogP contribution in [0.4, 0.5) is 19.3 Å². The minimum absolute atomic E-state index is 0.0354. The van der Waals surface area contributed by atoms with Crippen LogP contribution in [0.5, 0.6) is 0 Å². The molecular weight excluding hydrogens is 368 g/mol. The Bertz CT molecular complexity index is 762. The highest BCUT2D eigenvalue weighted by atomic mass is 19.1. The Morgan fingerprint density at radius 1 is 1.21 bits per heavy atom. The van der Waals surface area contributed by atoms with Crippen molar-refractivity contribution in [2.45, 2.75) is 51.7 Å². The molecule has 0 radical (unpaired) electrons. The maximum Gasteiger partial charge on any atom is 0.410 e. The number of hydrogen-bond acceptors (Lipinski definition) is 4. The Morgan fingerprint density at radius 3 is 2.36 bits per heavy atom. The monoisotopic (exact) mass is 395 g/mol. The zero-order valence-electron chi connectivity index (χ0n) is 16.7. The summed E-state index contributed by atoms with van der Waals surface area (Å²) in [5, 5.41) is 5.36. The normalized spacial score (nSPS) is 24.1. The van der Waals surface area contributed by atoms with Gasteiger partial charge in [-0.1, -0.05) is 0 Å². The summed E-state index contributed by atoms with van der Waals surface area (Å²) in [6.45, 7) is 6.82. The average molecular weight is 395 g/mol. The van der Waals surface area contributed by atoms with E-state index in [4.69, 9.17) is 4.74 Å². The summed E-state index contributed by atoms with van der Waals surface area (Å²) in [6.07, 6.45) is 2.22. The highest BCUT2D eigenvalue weighted by Gasteiger charge is 2.50. The van der Waals surface area contributed by atoms with Crippen LogP contribution in [0.15, 0.2) is 12.1 Å². The number of amides is 2. The summed E-state index contributed by atoms with van der Waals surface area (Å²) >= 11 is 0. The highest BCUT2D eigenvalue weighted by Crippen LogP contribution is 2.49. The van der Waals surface area contributed by atoms with Gasteiger partial charge in [0.15, 0.2) is 0 Å². The molecular formula is C20H27F2N3O3. The Kier molecular flexibility index (Phi) is 5.25.